The normalized spacial score (nSPS) is 31.6. The molecule has 3 heteroatoms. The molecule has 14 heavy (non-hydrogen) atoms. The van der Waals surface area contributed by atoms with E-state index in [0.717, 1.165) is 5.56 Å². The monoisotopic (exact) mass is 210 g/mol. The van der Waals surface area contributed by atoms with Crippen molar-refractivity contribution in [3.63, 3.8) is 0 Å². The van der Waals surface area contributed by atoms with E-state index in [1.807, 2.05) is 30.3 Å². The van der Waals surface area contributed by atoms with Crippen molar-refractivity contribution < 1.29 is 9.53 Å². The standard InChI is InChI=1S/C11H11ClO2/c1-11(12)7-9(14-10(11)13)8-5-3-2-4-6-8/h2-6,9H,7H2,1H3/t9-,11-/m1/s1. The van der Waals surface area contributed by atoms with Gasteiger partial charge in [0, 0.05) is 6.42 Å². The fourth-order valence-electron chi connectivity index (χ4n) is 1.58. The van der Waals surface area contributed by atoms with Crippen molar-refractivity contribution in [2.24, 2.45) is 0 Å². The van der Waals surface area contributed by atoms with Crippen LogP contribution in [0.25, 0.3) is 0 Å². The van der Waals surface area contributed by atoms with Gasteiger partial charge in [-0.3, -0.25) is 4.79 Å². The van der Waals surface area contributed by atoms with Crippen molar-refractivity contribution in [3.8, 4) is 0 Å². The summed E-state index contributed by atoms with van der Waals surface area (Å²) in [6.45, 7) is 1.69. The maximum Gasteiger partial charge on any atom is 0.327 e. The Morgan fingerprint density at radius 3 is 2.57 bits per heavy atom. The highest BCUT2D eigenvalue weighted by Gasteiger charge is 2.44. The molecule has 0 spiro atoms. The van der Waals surface area contributed by atoms with Crippen LogP contribution in [0.3, 0.4) is 0 Å². The van der Waals surface area contributed by atoms with Crippen LogP contribution in [0.1, 0.15) is 25.0 Å². The number of hydrogen-bond donors (Lipinski definition) is 0. The van der Waals surface area contributed by atoms with Crippen molar-refractivity contribution in [3.05, 3.63) is 35.9 Å². The molecule has 0 amide bonds. The van der Waals surface area contributed by atoms with Gasteiger partial charge in [0.1, 0.15) is 11.0 Å². The SMILES string of the molecule is C[C@@]1(Cl)C[C@H](c2ccccc2)OC1=O. The zero-order valence-electron chi connectivity index (χ0n) is 7.87. The Morgan fingerprint density at radius 2 is 2.07 bits per heavy atom. The van der Waals surface area contributed by atoms with Gasteiger partial charge in [0.25, 0.3) is 0 Å². The molecule has 0 saturated carbocycles. The van der Waals surface area contributed by atoms with Crippen LogP contribution in [0.2, 0.25) is 0 Å². The third-order valence-electron chi connectivity index (χ3n) is 2.42. The molecular formula is C11H11ClO2. The van der Waals surface area contributed by atoms with Crippen LogP contribution in [0.5, 0.6) is 0 Å². The summed E-state index contributed by atoms with van der Waals surface area (Å²) in [4.78, 5) is 10.5. The molecule has 1 fully saturated rings. The van der Waals surface area contributed by atoms with Gasteiger partial charge in [-0.2, -0.15) is 0 Å². The molecule has 2 nitrogen and oxygen atoms in total. The molecule has 2 rings (SSSR count). The Balaban J connectivity index is 2.21. The van der Waals surface area contributed by atoms with Gasteiger partial charge in [-0.25, -0.2) is 0 Å². The van der Waals surface area contributed by atoms with E-state index >= 15 is 0 Å². The molecule has 1 aromatic rings. The summed E-state index contributed by atoms with van der Waals surface area (Å²) in [6.07, 6.45) is 0.350. The quantitative estimate of drug-likeness (QED) is 0.526. The van der Waals surface area contributed by atoms with Crippen molar-refractivity contribution in [1.29, 1.82) is 0 Å². The Labute approximate surface area is 87.8 Å². The van der Waals surface area contributed by atoms with Crippen LogP contribution in [0.4, 0.5) is 0 Å². The molecule has 0 aromatic heterocycles. The highest BCUT2D eigenvalue weighted by molar-refractivity contribution is 6.34. The maximum absolute atomic E-state index is 11.3. The Morgan fingerprint density at radius 1 is 1.43 bits per heavy atom. The minimum absolute atomic E-state index is 0.189. The van der Waals surface area contributed by atoms with Gasteiger partial charge in [-0.05, 0) is 12.5 Å². The second kappa shape index (κ2) is 3.28. The molecule has 0 radical (unpaired) electrons. The van der Waals surface area contributed by atoms with Gasteiger partial charge in [0.05, 0.1) is 0 Å². The van der Waals surface area contributed by atoms with Crippen molar-refractivity contribution in [2.45, 2.75) is 24.3 Å². The Bertz CT molecular complexity index is 346. The third-order valence-corrected chi connectivity index (χ3v) is 2.72. The van der Waals surface area contributed by atoms with Crippen LogP contribution in [0.15, 0.2) is 30.3 Å². The first-order chi connectivity index (χ1) is 6.59. The summed E-state index contributed by atoms with van der Waals surface area (Å²) >= 11 is 5.99. The maximum atomic E-state index is 11.3. The number of esters is 1. The summed E-state index contributed by atoms with van der Waals surface area (Å²) in [7, 11) is 0. The second-order valence-corrected chi connectivity index (χ2v) is 4.54. The Hall–Kier alpha value is -1.02. The molecule has 1 saturated heterocycles. The van der Waals surface area contributed by atoms with Crippen LogP contribution < -0.4 is 0 Å². The lowest BCUT2D eigenvalue weighted by molar-refractivity contribution is -0.143. The summed E-state index contributed by atoms with van der Waals surface area (Å²) in [5, 5.41) is 0. The molecule has 1 heterocycles. The smallest absolute Gasteiger partial charge is 0.327 e. The van der Waals surface area contributed by atoms with E-state index in [-0.39, 0.29) is 12.1 Å². The zero-order chi connectivity index (χ0) is 10.2. The fraction of sp³-hybridized carbons (Fsp3) is 0.364. The Kier molecular flexibility index (Phi) is 2.23. The average molecular weight is 211 g/mol. The number of halogens is 1. The van der Waals surface area contributed by atoms with Crippen LogP contribution in [0, 0.1) is 0 Å². The zero-order valence-corrected chi connectivity index (χ0v) is 8.62. The van der Waals surface area contributed by atoms with Crippen LogP contribution in [-0.2, 0) is 9.53 Å². The molecule has 2 atom stereocenters. The van der Waals surface area contributed by atoms with Gasteiger partial charge >= 0.3 is 5.97 Å². The summed E-state index contributed by atoms with van der Waals surface area (Å²) < 4.78 is 5.19. The first-order valence-corrected chi connectivity index (χ1v) is 4.92. The highest BCUT2D eigenvalue weighted by atomic mass is 35.5. The van der Waals surface area contributed by atoms with Gasteiger partial charge < -0.3 is 4.74 Å². The van der Waals surface area contributed by atoms with E-state index < -0.39 is 4.87 Å². The van der Waals surface area contributed by atoms with Crippen LogP contribution >= 0.6 is 11.6 Å². The molecule has 1 aliphatic heterocycles. The molecule has 0 bridgehead atoms. The predicted molar refractivity (Wildman–Crippen MR) is 54.2 cm³/mol. The molecule has 0 unspecified atom stereocenters. The summed E-state index contributed by atoms with van der Waals surface area (Å²) in [5.74, 6) is -0.326. The van der Waals surface area contributed by atoms with E-state index in [1.54, 1.807) is 6.92 Å². The van der Waals surface area contributed by atoms with Gasteiger partial charge in [-0.15, -0.1) is 11.6 Å². The largest absolute Gasteiger partial charge is 0.456 e. The lowest BCUT2D eigenvalue weighted by Crippen LogP contribution is -2.21. The van der Waals surface area contributed by atoms with E-state index in [9.17, 15) is 4.79 Å². The fourth-order valence-corrected chi connectivity index (χ4v) is 1.76. The van der Waals surface area contributed by atoms with E-state index in [2.05, 4.69) is 0 Å². The summed E-state index contributed by atoms with van der Waals surface area (Å²) in [6, 6.07) is 9.66. The van der Waals surface area contributed by atoms with Gasteiger partial charge in [0.2, 0.25) is 0 Å². The third kappa shape index (κ3) is 1.62. The number of benzene rings is 1. The van der Waals surface area contributed by atoms with Crippen molar-refractivity contribution in [2.75, 3.05) is 0 Å². The van der Waals surface area contributed by atoms with Gasteiger partial charge in [-0.1, -0.05) is 30.3 Å². The lowest BCUT2D eigenvalue weighted by atomic mass is 10.0. The first-order valence-electron chi connectivity index (χ1n) is 4.54. The lowest BCUT2D eigenvalue weighted by Gasteiger charge is -2.08. The minimum atomic E-state index is -0.861. The van der Waals surface area contributed by atoms with E-state index in [0.29, 0.717) is 6.42 Å². The van der Waals surface area contributed by atoms with E-state index in [1.165, 1.54) is 0 Å². The summed E-state index contributed by atoms with van der Waals surface area (Å²) in [5.41, 5.74) is 1.00. The number of rotatable bonds is 1. The molecular weight excluding hydrogens is 200 g/mol. The number of carbonyl (C=O) groups is 1. The van der Waals surface area contributed by atoms with Crippen molar-refractivity contribution >= 4 is 17.6 Å². The highest BCUT2D eigenvalue weighted by Crippen LogP contribution is 2.39. The predicted octanol–water partition coefficient (Wildman–Crippen LogP) is 2.67. The molecule has 1 aliphatic rings. The molecule has 0 aliphatic carbocycles. The number of alkyl halides is 1. The second-order valence-electron chi connectivity index (χ2n) is 3.71. The number of carbonyl (C=O) groups excluding carboxylic acids is 1. The first kappa shape index (κ1) is 9.53. The topological polar surface area (TPSA) is 26.3 Å². The molecule has 0 N–H and O–H groups in total. The number of ether oxygens (including phenoxy) is 1. The minimum Gasteiger partial charge on any atom is -0.456 e. The molecule has 74 valence electrons. The van der Waals surface area contributed by atoms with E-state index in [4.69, 9.17) is 16.3 Å². The average Bonchev–Trinajstić information content (AvgIpc) is 2.43. The number of cyclic esters (lactones) is 1. The number of hydrogen-bond acceptors (Lipinski definition) is 2. The molecule has 1 aromatic carbocycles. The van der Waals surface area contributed by atoms with Crippen molar-refractivity contribution in [1.82, 2.24) is 0 Å². The van der Waals surface area contributed by atoms with Gasteiger partial charge in [0.15, 0.2) is 0 Å². The van der Waals surface area contributed by atoms with Crippen LogP contribution in [-0.4, -0.2) is 10.8 Å².